The van der Waals surface area contributed by atoms with Gasteiger partial charge in [0.25, 0.3) is 44.2 Å². The van der Waals surface area contributed by atoms with E-state index in [0.717, 1.165) is 12.0 Å². The third kappa shape index (κ3) is 46.9. The third-order valence-electron chi connectivity index (χ3n) is 21.0. The van der Waals surface area contributed by atoms with Crippen LogP contribution >= 0.6 is 44.2 Å². The first-order chi connectivity index (χ1) is 63.2. The van der Waals surface area contributed by atoms with Gasteiger partial charge >= 0.3 is 35.8 Å². The lowest BCUT2D eigenvalue weighted by Crippen LogP contribution is -2.32. The van der Waals surface area contributed by atoms with Crippen LogP contribution in [-0.4, -0.2) is 177 Å². The lowest BCUT2D eigenvalue weighted by Gasteiger charge is -2.32. The molecule has 0 aromatic heterocycles. The van der Waals surface area contributed by atoms with Crippen molar-refractivity contribution in [3.63, 3.8) is 0 Å². The molecule has 0 saturated heterocycles. The molecular weight excluding hydrogens is 1880 g/mol. The zero-order valence-corrected chi connectivity index (χ0v) is 94.4. The Kier molecular flexibility index (Phi) is 53.4. The Bertz CT molecular complexity index is 4820. The summed E-state index contributed by atoms with van der Waals surface area (Å²) in [7, 11) is -17.1. The van der Waals surface area contributed by atoms with Crippen molar-refractivity contribution in [3.05, 3.63) is 181 Å². The Morgan fingerprint density at radius 1 is 0.319 bits per heavy atom. The maximum atomic E-state index is 13.5. The smallest absolute Gasteiger partial charge is 0.309 e. The first-order valence-electron chi connectivity index (χ1n) is 47.2. The third-order valence-corrected chi connectivity index (χ3v) is 42.3. The minimum absolute atomic E-state index is 0.0794. The summed E-state index contributed by atoms with van der Waals surface area (Å²) in [6.45, 7) is 61.5. The second-order valence-electron chi connectivity index (χ2n) is 42.1. The van der Waals surface area contributed by atoms with Crippen molar-refractivity contribution >= 4 is 80.0 Å². The highest BCUT2D eigenvalue weighted by molar-refractivity contribution is 7.62. The normalized spacial score (nSPS) is 16.2. The molecule has 0 aliphatic heterocycles. The van der Waals surface area contributed by atoms with Gasteiger partial charge in [-0.2, -0.15) is 0 Å². The van der Waals surface area contributed by atoms with E-state index in [1.165, 1.54) is 0 Å². The van der Waals surface area contributed by atoms with Gasteiger partial charge in [0, 0.05) is 75.0 Å². The minimum atomic E-state index is -3.16. The van der Waals surface area contributed by atoms with Crippen LogP contribution in [0.2, 0.25) is 0 Å². The average molecular weight is 2050 g/mol. The maximum Gasteiger partial charge on any atom is 0.309 e. The standard InChI is InChI=1S/2C18H29O5P.2C18H29O4P.C17H27O5P.C16H25O4P/c1-14(17(19)22-15(2)12-21-6)13-24(20,18(3,4)5)23-16-10-8-7-9-11-16;1-14(16(19)22-13-18(5,6)20)12-24(21,17(2,3)4)23-15-10-8-7-9-11-15;1-13(2)21-17(19)15(4)12-23(20,18(5,6)7)22-16-10-8-9-14(3)11-16;1-7-15(3)21-17(19)14(2)13-23(20,18(4,5)6)22-16-11-9-8-10-12-16;1-13(16(19)21-14(2)11-18)12-23(20,17(3,4)5)22-15-9-7-6-8-10-15;1-13(2)19-15(17)11-12-21(18,16(3,4)5)20-14-9-7-6-8-10-14/h7-11,14-15H,12-13H2,1-6H3;7-11,14,20H,12-13H2,1-6H3;8-11,13,15H,12H2,1-7H3;8-12,14-15H,7,13H2,1-6H3;6-10,13-14,18H,11-12H2,1-5H3;6-10,13H,11-12H2,1-5H3/t14-,15?,24?;14-,24?;15-,23-;14-,15?,23?;13-,14?,23?;/m11111./s1. The Morgan fingerprint density at radius 3 is 0.812 bits per heavy atom. The van der Waals surface area contributed by atoms with E-state index >= 15 is 0 Å². The summed E-state index contributed by atoms with van der Waals surface area (Å²) in [5.74, 6) is -1.72. The van der Waals surface area contributed by atoms with Crippen LogP contribution in [0, 0.1) is 36.5 Å². The van der Waals surface area contributed by atoms with E-state index < -0.39 is 128 Å². The van der Waals surface area contributed by atoms with Crippen molar-refractivity contribution in [1.29, 1.82) is 0 Å². The quantitative estimate of drug-likeness (QED) is 0.0204. The summed E-state index contributed by atoms with van der Waals surface area (Å²) in [4.78, 5) is 72.3. The molecule has 27 nitrogen and oxygen atoms in total. The van der Waals surface area contributed by atoms with Gasteiger partial charge in [-0.05, 0) is 154 Å². The molecule has 780 valence electrons. The number of aliphatic hydroxyl groups excluding tert-OH is 1. The summed E-state index contributed by atoms with van der Waals surface area (Å²) in [6.07, 6.45) is 0.265. The SMILES string of the molecule is CC(C)OC(=O)CCP(=O)(Oc1ccccc1)C(C)(C)C.CC(CO)OC(=O)[C@H](C)CP(=O)(Oc1ccccc1)C(C)(C)C.CCC(C)OC(=O)[C@H](C)CP(=O)(Oc1ccccc1)C(C)(C)C.COCC(C)OC(=O)[C@H](C)CP(=O)(Oc1ccccc1)C(C)(C)C.C[C@H](CP(=O)(Oc1ccccc1)C(C)(C)C)C(=O)OCC(C)(C)O.Cc1cccc(O[P@](=O)(C[C@@H](C)C(=O)OC(C)C)C(C)(C)C)c1. The van der Waals surface area contributed by atoms with Crippen LogP contribution in [0.1, 0.15) is 247 Å². The number of carbonyl (C=O) groups excluding carboxylic acids is 6. The van der Waals surface area contributed by atoms with Crippen LogP contribution < -0.4 is 27.1 Å². The summed E-state index contributed by atoms with van der Waals surface area (Å²) in [6, 6.07) is 52.6. The van der Waals surface area contributed by atoms with Crippen molar-refractivity contribution in [2.75, 3.05) is 63.9 Å². The number of benzene rings is 6. The van der Waals surface area contributed by atoms with Crippen molar-refractivity contribution < 1.29 is 127 Å². The summed E-state index contributed by atoms with van der Waals surface area (Å²) in [5.41, 5.74) is -0.0564. The number of para-hydroxylation sites is 5. The predicted molar refractivity (Wildman–Crippen MR) is 557 cm³/mol. The fraction of sp³-hybridized carbons (Fsp3) is 0.600. The Morgan fingerprint density at radius 2 is 0.565 bits per heavy atom. The number of esters is 6. The molecule has 6 aromatic rings. The van der Waals surface area contributed by atoms with Crippen LogP contribution in [-0.2, 0) is 89.3 Å². The van der Waals surface area contributed by atoms with Gasteiger partial charge in [0.2, 0.25) is 0 Å². The molecule has 0 saturated carbocycles. The van der Waals surface area contributed by atoms with Crippen LogP contribution in [0.15, 0.2) is 176 Å². The fourth-order valence-electron chi connectivity index (χ4n) is 11.7. The van der Waals surface area contributed by atoms with E-state index in [4.69, 9.17) is 65.4 Å². The summed E-state index contributed by atoms with van der Waals surface area (Å²) in [5, 5.41) is 15.1. The molecule has 0 fully saturated rings. The lowest BCUT2D eigenvalue weighted by molar-refractivity contribution is -0.154. The minimum Gasteiger partial charge on any atom is -0.463 e. The van der Waals surface area contributed by atoms with E-state index in [2.05, 4.69) is 0 Å². The number of aliphatic hydroxyl groups is 2. The van der Waals surface area contributed by atoms with Gasteiger partial charge < -0.3 is 70.5 Å². The molecule has 33 heteroatoms. The molecule has 0 heterocycles. The molecular formula is C105H168O27P6. The van der Waals surface area contributed by atoms with Gasteiger partial charge in [-0.15, -0.1) is 0 Å². The average Bonchev–Trinajstić information content (AvgIpc) is 0.828. The molecule has 138 heavy (non-hydrogen) atoms. The molecule has 0 spiro atoms. The largest absolute Gasteiger partial charge is 0.463 e. The Balaban J connectivity index is 0.000000828. The van der Waals surface area contributed by atoms with E-state index in [0.29, 0.717) is 41.1 Å². The highest BCUT2D eigenvalue weighted by Crippen LogP contribution is 2.65. The van der Waals surface area contributed by atoms with Gasteiger partial charge in [0.1, 0.15) is 53.3 Å². The second-order valence-corrected chi connectivity index (χ2v) is 61.6. The van der Waals surface area contributed by atoms with Gasteiger partial charge in [-0.25, -0.2) is 0 Å². The highest BCUT2D eigenvalue weighted by Gasteiger charge is 2.48. The zero-order chi connectivity index (χ0) is 106. The van der Waals surface area contributed by atoms with Crippen molar-refractivity contribution in [2.45, 2.75) is 315 Å². The van der Waals surface area contributed by atoms with Gasteiger partial charge in [-0.1, -0.05) is 269 Å². The number of aryl methyl sites for hydroxylation is 1. The van der Waals surface area contributed by atoms with Crippen molar-refractivity contribution in [3.8, 4) is 34.5 Å². The zero-order valence-electron chi connectivity index (χ0n) is 89.1. The highest BCUT2D eigenvalue weighted by atomic mass is 31.2. The van der Waals surface area contributed by atoms with Crippen LogP contribution in [0.4, 0.5) is 0 Å². The maximum absolute atomic E-state index is 13.5. The van der Waals surface area contributed by atoms with Crippen LogP contribution in [0.25, 0.3) is 0 Å². The molecule has 8 unspecified atom stereocenters. The molecule has 0 radical (unpaired) electrons. The van der Waals surface area contributed by atoms with Gasteiger partial charge in [0.15, 0.2) is 0 Å². The van der Waals surface area contributed by atoms with E-state index in [1.807, 2.05) is 255 Å². The number of hydrogen-bond donors (Lipinski definition) is 2. The van der Waals surface area contributed by atoms with Crippen LogP contribution in [0.5, 0.6) is 34.5 Å². The predicted octanol–water partition coefficient (Wildman–Crippen LogP) is 26.8. The molecule has 6 rings (SSSR count). The van der Waals surface area contributed by atoms with E-state index in [9.17, 15) is 61.3 Å². The van der Waals surface area contributed by atoms with Gasteiger partial charge in [0.05, 0.1) is 73.1 Å². The Labute approximate surface area is 826 Å². The summed E-state index contributed by atoms with van der Waals surface area (Å²) < 4.78 is 152. The number of hydrogen-bond acceptors (Lipinski definition) is 27. The molecule has 0 aliphatic carbocycles. The molecule has 6 aromatic carbocycles. The first-order valence-corrected chi connectivity index (χ1v) is 58.1. The van der Waals surface area contributed by atoms with E-state index in [-0.39, 0.29) is 105 Å². The number of carbonyl (C=O) groups is 6. The topological polar surface area (TPSA) is 365 Å². The molecule has 0 amide bonds. The van der Waals surface area contributed by atoms with E-state index in [1.54, 1.807) is 164 Å². The molecule has 14 atom stereocenters. The number of rotatable bonds is 41. The fourth-order valence-corrected chi connectivity index (χ4v) is 24.8. The van der Waals surface area contributed by atoms with Crippen molar-refractivity contribution in [2.24, 2.45) is 29.6 Å². The first kappa shape index (κ1) is 128. The monoisotopic (exact) mass is 2050 g/mol. The van der Waals surface area contributed by atoms with Gasteiger partial charge in [-0.3, -0.25) is 56.2 Å². The second kappa shape index (κ2) is 57.5. The number of methoxy groups -OCH3 is 1. The molecule has 2 N–H and O–H groups in total. The summed E-state index contributed by atoms with van der Waals surface area (Å²) >= 11 is 0. The molecule has 0 aliphatic rings. The van der Waals surface area contributed by atoms with Crippen molar-refractivity contribution in [1.82, 2.24) is 0 Å². The number of ether oxygens (including phenoxy) is 7. The molecule has 0 bridgehead atoms. The Hall–Kier alpha value is -7.80. The van der Waals surface area contributed by atoms with Crippen LogP contribution in [0.3, 0.4) is 0 Å². The lowest BCUT2D eigenvalue weighted by atomic mass is 10.1.